The number of benzene rings is 2. The van der Waals surface area contributed by atoms with Crippen LogP contribution in [0.15, 0.2) is 53.9 Å². The number of amides is 1. The van der Waals surface area contributed by atoms with Crippen LogP contribution in [0.1, 0.15) is 38.2 Å². The van der Waals surface area contributed by atoms with E-state index in [1.165, 1.54) is 0 Å². The minimum absolute atomic E-state index is 0.0272. The third-order valence-electron chi connectivity index (χ3n) is 5.32. The Kier molecular flexibility index (Phi) is 6.17. The number of hydrogen-bond donors (Lipinski definition) is 1. The van der Waals surface area contributed by atoms with Gasteiger partial charge < -0.3 is 15.4 Å². The van der Waals surface area contributed by atoms with Crippen molar-refractivity contribution in [2.75, 3.05) is 20.6 Å². The molecule has 3 rings (SSSR count). The van der Waals surface area contributed by atoms with E-state index in [0.717, 1.165) is 39.8 Å². The van der Waals surface area contributed by atoms with Crippen LogP contribution >= 0.6 is 0 Å². The summed E-state index contributed by atoms with van der Waals surface area (Å²) in [6.07, 6.45) is 7.54. The first kappa shape index (κ1) is 20.4. The largest absolute Gasteiger partial charge is 0.464 e. The van der Waals surface area contributed by atoms with E-state index in [0.29, 0.717) is 17.9 Å². The van der Waals surface area contributed by atoms with Crippen molar-refractivity contribution < 1.29 is 9.53 Å². The molecule has 1 amide bonds. The lowest BCUT2D eigenvalue weighted by Gasteiger charge is -2.23. The van der Waals surface area contributed by atoms with Crippen LogP contribution in [0.3, 0.4) is 0 Å². The highest BCUT2D eigenvalue weighted by molar-refractivity contribution is 6.09. The Labute approximate surface area is 172 Å². The quantitative estimate of drug-likeness (QED) is 0.807. The Hall–Kier alpha value is -3.34. The van der Waals surface area contributed by atoms with Crippen molar-refractivity contribution in [1.29, 1.82) is 0 Å². The lowest BCUT2D eigenvalue weighted by molar-refractivity contribution is 0.0804. The summed E-state index contributed by atoms with van der Waals surface area (Å²) in [5.41, 5.74) is 12.6. The maximum absolute atomic E-state index is 12.9. The molecule has 0 aromatic heterocycles. The van der Waals surface area contributed by atoms with Gasteiger partial charge in [0.25, 0.3) is 5.91 Å². The number of carbonyl (C=O) groups is 1. The summed E-state index contributed by atoms with van der Waals surface area (Å²) in [4.78, 5) is 18.6. The molecule has 5 nitrogen and oxygen atoms in total. The molecule has 2 aromatic rings. The van der Waals surface area contributed by atoms with Crippen molar-refractivity contribution in [3.8, 4) is 5.75 Å². The fourth-order valence-electron chi connectivity index (χ4n) is 3.45. The van der Waals surface area contributed by atoms with Gasteiger partial charge in [0.05, 0.1) is 11.8 Å². The highest BCUT2D eigenvalue weighted by atomic mass is 16.5. The van der Waals surface area contributed by atoms with Gasteiger partial charge in [0, 0.05) is 38.6 Å². The third kappa shape index (κ3) is 4.24. The maximum atomic E-state index is 12.9. The Morgan fingerprint density at radius 3 is 2.62 bits per heavy atom. The molecule has 0 atom stereocenters. The molecule has 5 heteroatoms. The first-order chi connectivity index (χ1) is 14.0. The highest BCUT2D eigenvalue weighted by Crippen LogP contribution is 2.32. The van der Waals surface area contributed by atoms with Gasteiger partial charge in [0.15, 0.2) is 0 Å². The Morgan fingerprint density at radius 2 is 1.97 bits per heavy atom. The molecule has 29 heavy (non-hydrogen) atoms. The van der Waals surface area contributed by atoms with E-state index in [4.69, 9.17) is 10.5 Å². The zero-order valence-corrected chi connectivity index (χ0v) is 17.4. The van der Waals surface area contributed by atoms with E-state index in [1.807, 2.05) is 31.2 Å². The molecule has 0 spiro atoms. The molecule has 0 saturated heterocycles. The molecule has 0 fully saturated rings. The highest BCUT2D eigenvalue weighted by Gasteiger charge is 2.22. The molecule has 1 heterocycles. The lowest BCUT2D eigenvalue weighted by atomic mass is 9.92. The van der Waals surface area contributed by atoms with Crippen molar-refractivity contribution in [3.63, 3.8) is 0 Å². The van der Waals surface area contributed by atoms with Crippen LogP contribution in [-0.4, -0.2) is 37.7 Å². The van der Waals surface area contributed by atoms with Crippen molar-refractivity contribution in [2.24, 2.45) is 10.7 Å². The van der Waals surface area contributed by atoms with E-state index >= 15 is 0 Å². The monoisotopic (exact) mass is 389 g/mol. The molecule has 150 valence electrons. The predicted octanol–water partition coefficient (Wildman–Crippen LogP) is 3.87. The number of ether oxygens (including phenoxy) is 1. The second-order valence-electron chi connectivity index (χ2n) is 7.22. The number of fused-ring (bicyclic) bond motifs is 1. The zero-order valence-electron chi connectivity index (χ0n) is 17.4. The van der Waals surface area contributed by atoms with Crippen molar-refractivity contribution in [2.45, 2.75) is 20.3 Å². The van der Waals surface area contributed by atoms with Crippen molar-refractivity contribution in [3.05, 3.63) is 82.3 Å². The summed E-state index contributed by atoms with van der Waals surface area (Å²) < 4.78 is 5.78. The molecule has 1 aliphatic rings. The summed E-state index contributed by atoms with van der Waals surface area (Å²) in [6, 6.07) is 10.2. The molecule has 1 aliphatic heterocycles. The number of rotatable bonds is 4. The number of nitrogens with zero attached hydrogens (tertiary/aromatic N) is 2. The number of carbonyl (C=O) groups excluding carboxylic acids is 1. The molecule has 2 N–H and O–H groups in total. The van der Waals surface area contributed by atoms with Gasteiger partial charge in [0.2, 0.25) is 0 Å². The fourth-order valence-corrected chi connectivity index (χ4v) is 3.45. The van der Waals surface area contributed by atoms with Gasteiger partial charge >= 0.3 is 0 Å². The smallest absolute Gasteiger partial charge is 0.257 e. The minimum Gasteiger partial charge on any atom is -0.464 e. The molecule has 0 bridgehead atoms. The molecular weight excluding hydrogens is 362 g/mol. The van der Waals surface area contributed by atoms with Crippen LogP contribution in [0.25, 0.3) is 5.57 Å². The number of allylic oxidation sites excluding steroid dienone is 1. The van der Waals surface area contributed by atoms with E-state index in [1.54, 1.807) is 37.7 Å². The number of nitrogens with two attached hydrogens (primary N) is 1. The van der Waals surface area contributed by atoms with Crippen LogP contribution in [0, 0.1) is 13.8 Å². The van der Waals surface area contributed by atoms with E-state index in [-0.39, 0.29) is 5.91 Å². The summed E-state index contributed by atoms with van der Waals surface area (Å²) in [5, 5.41) is 0. The minimum atomic E-state index is -0.0272. The number of hydrogen-bond acceptors (Lipinski definition) is 4. The van der Waals surface area contributed by atoms with Crippen LogP contribution in [0.5, 0.6) is 5.75 Å². The normalized spacial score (nSPS) is 15.7. The molecular formula is C24H27N3O2. The van der Waals surface area contributed by atoms with Crippen molar-refractivity contribution >= 4 is 17.7 Å². The second-order valence-corrected chi connectivity index (χ2v) is 7.22. The number of aliphatic imine (C=N–C) groups is 1. The standard InChI is InChI=1S/C24H27N3O2/c1-16-17(2)23-22(24(28)27(4)10-5-11-29-23)13-20(16)12-18-6-8-19(9-7-18)21(14-25)15-26-3/h5-9,11,13-15H,10,12,25H2,1-4H3/b11-5-,21-14+,26-15?. The van der Waals surface area contributed by atoms with Gasteiger partial charge in [-0.25, -0.2) is 0 Å². The molecule has 0 saturated carbocycles. The topological polar surface area (TPSA) is 67.9 Å². The second kappa shape index (κ2) is 8.78. The Balaban J connectivity index is 1.96. The first-order valence-corrected chi connectivity index (χ1v) is 9.59. The van der Waals surface area contributed by atoms with Gasteiger partial charge in [-0.05, 0) is 60.2 Å². The van der Waals surface area contributed by atoms with Crippen LogP contribution < -0.4 is 10.5 Å². The van der Waals surface area contributed by atoms with Gasteiger partial charge in [-0.1, -0.05) is 24.3 Å². The maximum Gasteiger partial charge on any atom is 0.257 e. The first-order valence-electron chi connectivity index (χ1n) is 9.59. The summed E-state index contributed by atoms with van der Waals surface area (Å²) in [6.45, 7) is 4.61. The van der Waals surface area contributed by atoms with Crippen LogP contribution in [0.4, 0.5) is 0 Å². The predicted molar refractivity (Wildman–Crippen MR) is 118 cm³/mol. The zero-order chi connectivity index (χ0) is 21.0. The molecule has 0 radical (unpaired) electrons. The molecule has 0 aliphatic carbocycles. The van der Waals surface area contributed by atoms with Gasteiger partial charge in [-0.2, -0.15) is 0 Å². The molecule has 2 aromatic carbocycles. The van der Waals surface area contributed by atoms with Gasteiger partial charge in [-0.3, -0.25) is 9.79 Å². The summed E-state index contributed by atoms with van der Waals surface area (Å²) >= 11 is 0. The third-order valence-corrected chi connectivity index (χ3v) is 5.32. The van der Waals surface area contributed by atoms with Crippen LogP contribution in [0.2, 0.25) is 0 Å². The van der Waals surface area contributed by atoms with Gasteiger partial charge in [-0.15, -0.1) is 0 Å². The SMILES string of the molecule is CN=C/C(=C\N)c1ccc(Cc2cc3c(c(C)c2C)O/C=C\CN(C)C3=O)cc1. The average Bonchev–Trinajstić information content (AvgIpc) is 2.73. The average molecular weight is 389 g/mol. The number of likely N-dealkylation sites (N-methyl/N-ethyl adjacent to an activating group) is 1. The Bertz CT molecular complexity index is 1000. The van der Waals surface area contributed by atoms with Gasteiger partial charge in [0.1, 0.15) is 5.75 Å². The van der Waals surface area contributed by atoms with E-state index in [2.05, 4.69) is 24.0 Å². The Morgan fingerprint density at radius 1 is 1.24 bits per heavy atom. The van der Waals surface area contributed by atoms with E-state index < -0.39 is 0 Å². The molecule has 0 unspecified atom stereocenters. The van der Waals surface area contributed by atoms with Crippen LogP contribution in [-0.2, 0) is 6.42 Å². The van der Waals surface area contributed by atoms with Crippen molar-refractivity contribution in [1.82, 2.24) is 4.90 Å². The summed E-state index contributed by atoms with van der Waals surface area (Å²) in [5.74, 6) is 0.617. The lowest BCUT2D eigenvalue weighted by Crippen LogP contribution is -2.28. The summed E-state index contributed by atoms with van der Waals surface area (Å²) in [7, 11) is 3.53. The fraction of sp³-hybridized carbons (Fsp3) is 0.250. The van der Waals surface area contributed by atoms with E-state index in [9.17, 15) is 4.79 Å².